The van der Waals surface area contributed by atoms with E-state index in [4.69, 9.17) is 0 Å². The van der Waals surface area contributed by atoms with E-state index in [1.165, 1.54) is 6.42 Å². The van der Waals surface area contributed by atoms with E-state index in [1.54, 1.807) is 0 Å². The van der Waals surface area contributed by atoms with Crippen LogP contribution in [0.3, 0.4) is 0 Å². The fraction of sp³-hybridized carbons (Fsp3) is 0.562. The van der Waals surface area contributed by atoms with E-state index in [0.717, 1.165) is 23.7 Å². The van der Waals surface area contributed by atoms with Crippen molar-refractivity contribution in [1.29, 1.82) is 0 Å². The fourth-order valence-corrected chi connectivity index (χ4v) is 4.28. The summed E-state index contributed by atoms with van der Waals surface area (Å²) in [5, 5.41) is 4.17. The number of carbonyl (C=O) groups is 1. The Labute approximate surface area is 125 Å². The maximum Gasteiger partial charge on any atom is 0.245 e. The minimum absolute atomic E-state index is 0.137. The van der Waals surface area contributed by atoms with E-state index in [-0.39, 0.29) is 18.1 Å². The van der Waals surface area contributed by atoms with Crippen LogP contribution in [0, 0.1) is 0 Å². The largest absolute Gasteiger partial charge is 0.323 e. The van der Waals surface area contributed by atoms with Gasteiger partial charge in [0.15, 0.2) is 0 Å². The van der Waals surface area contributed by atoms with E-state index in [1.807, 2.05) is 42.1 Å². The number of carbonyl (C=O) groups excluding carboxylic acids is 1. The zero-order valence-electron chi connectivity index (χ0n) is 12.1. The third-order valence-corrected chi connectivity index (χ3v) is 5.64. The summed E-state index contributed by atoms with van der Waals surface area (Å²) in [7, 11) is 0. The minimum Gasteiger partial charge on any atom is -0.323 e. The first kappa shape index (κ1) is 14.0. The minimum atomic E-state index is -0.167. The Bertz CT molecular complexity index is 479. The third-order valence-electron chi connectivity index (χ3n) is 4.54. The van der Waals surface area contributed by atoms with Gasteiger partial charge in [-0.05, 0) is 38.0 Å². The zero-order valence-corrected chi connectivity index (χ0v) is 12.9. The molecular weight excluding hydrogens is 268 g/mol. The van der Waals surface area contributed by atoms with Crippen LogP contribution in [0.25, 0.3) is 0 Å². The predicted molar refractivity (Wildman–Crippen MR) is 83.6 cm³/mol. The molecule has 20 heavy (non-hydrogen) atoms. The van der Waals surface area contributed by atoms with Crippen molar-refractivity contribution in [2.75, 3.05) is 6.26 Å². The van der Waals surface area contributed by atoms with Crippen molar-refractivity contribution in [3.05, 3.63) is 35.9 Å². The van der Waals surface area contributed by atoms with Gasteiger partial charge in [-0.15, -0.1) is 0 Å². The molecule has 0 bridgehead atoms. The van der Waals surface area contributed by atoms with Crippen molar-refractivity contribution in [1.82, 2.24) is 10.2 Å². The number of nitrogens with one attached hydrogen (secondary N) is 1. The average Bonchev–Trinajstić information content (AvgIpc) is 3.04. The molecule has 0 spiro atoms. The van der Waals surface area contributed by atoms with Crippen molar-refractivity contribution >= 4 is 17.7 Å². The Morgan fingerprint density at radius 2 is 2.00 bits per heavy atom. The predicted octanol–water partition coefficient (Wildman–Crippen LogP) is 2.79. The van der Waals surface area contributed by atoms with Gasteiger partial charge in [0.05, 0.1) is 6.17 Å². The first-order chi connectivity index (χ1) is 9.70. The van der Waals surface area contributed by atoms with Gasteiger partial charge in [-0.25, -0.2) is 0 Å². The number of hydrogen-bond donors (Lipinski definition) is 1. The highest BCUT2D eigenvalue weighted by molar-refractivity contribution is 7.99. The summed E-state index contributed by atoms with van der Waals surface area (Å²) in [6.07, 6.45) is 5.83. The molecule has 3 nitrogen and oxygen atoms in total. The Hall–Kier alpha value is -1.00. The second kappa shape index (κ2) is 5.78. The van der Waals surface area contributed by atoms with Crippen LogP contribution >= 0.6 is 11.8 Å². The maximum absolute atomic E-state index is 12.8. The molecule has 1 aromatic rings. The molecule has 0 aromatic heterocycles. The van der Waals surface area contributed by atoms with Crippen LogP contribution in [0.15, 0.2) is 30.3 Å². The first-order valence-electron chi connectivity index (χ1n) is 7.36. The summed E-state index contributed by atoms with van der Waals surface area (Å²) in [5.74, 6) is 0.246. The van der Waals surface area contributed by atoms with Crippen LogP contribution in [0.4, 0.5) is 0 Å². The lowest BCUT2D eigenvalue weighted by molar-refractivity contribution is -0.132. The standard InChI is InChI=1S/C16H22N2OS/c1-11-17-15(12-6-4-3-5-7-12)16(19)18(11)13-8-9-14(10-13)20-2/h3-7,11,13-15,17H,8-10H2,1-2H3. The quantitative estimate of drug-likeness (QED) is 0.929. The van der Waals surface area contributed by atoms with Gasteiger partial charge in [0.25, 0.3) is 0 Å². The molecule has 3 rings (SSSR count). The summed E-state index contributed by atoms with van der Waals surface area (Å²) in [6, 6.07) is 10.3. The van der Waals surface area contributed by atoms with Crippen molar-refractivity contribution in [2.24, 2.45) is 0 Å². The van der Waals surface area contributed by atoms with E-state index in [9.17, 15) is 4.79 Å². The molecule has 1 aliphatic carbocycles. The number of rotatable bonds is 3. The molecule has 1 aromatic carbocycles. The topological polar surface area (TPSA) is 32.3 Å². The summed E-state index contributed by atoms with van der Waals surface area (Å²) in [4.78, 5) is 14.8. The molecule has 1 saturated carbocycles. The van der Waals surface area contributed by atoms with Gasteiger partial charge in [-0.2, -0.15) is 11.8 Å². The first-order valence-corrected chi connectivity index (χ1v) is 8.65. The SMILES string of the molecule is CSC1CCC(N2C(=O)C(c3ccccc3)NC2C)C1. The van der Waals surface area contributed by atoms with Gasteiger partial charge >= 0.3 is 0 Å². The molecule has 2 fully saturated rings. The maximum atomic E-state index is 12.8. The van der Waals surface area contributed by atoms with E-state index in [0.29, 0.717) is 6.04 Å². The Morgan fingerprint density at radius 3 is 2.65 bits per heavy atom. The molecule has 1 aliphatic heterocycles. The highest BCUT2D eigenvalue weighted by Gasteiger charge is 2.43. The highest BCUT2D eigenvalue weighted by atomic mass is 32.2. The second-order valence-corrected chi connectivity index (χ2v) is 6.89. The number of hydrogen-bond acceptors (Lipinski definition) is 3. The average molecular weight is 290 g/mol. The summed E-state index contributed by atoms with van der Waals surface area (Å²) in [6.45, 7) is 2.10. The van der Waals surface area contributed by atoms with E-state index >= 15 is 0 Å². The fourth-order valence-electron chi connectivity index (χ4n) is 3.50. The van der Waals surface area contributed by atoms with Crippen LogP contribution < -0.4 is 5.32 Å². The van der Waals surface area contributed by atoms with Gasteiger partial charge in [-0.1, -0.05) is 30.3 Å². The lowest BCUT2D eigenvalue weighted by Crippen LogP contribution is -2.41. The normalized spacial score (nSPS) is 33.9. The number of benzene rings is 1. The van der Waals surface area contributed by atoms with E-state index in [2.05, 4.69) is 23.4 Å². The van der Waals surface area contributed by atoms with Crippen molar-refractivity contribution in [3.8, 4) is 0 Å². The second-order valence-electron chi connectivity index (χ2n) is 5.76. The Kier molecular flexibility index (Phi) is 4.03. The lowest BCUT2D eigenvalue weighted by Gasteiger charge is -2.28. The van der Waals surface area contributed by atoms with Gasteiger partial charge in [0, 0.05) is 11.3 Å². The van der Waals surface area contributed by atoms with Crippen LogP contribution in [-0.2, 0) is 4.79 Å². The van der Waals surface area contributed by atoms with E-state index < -0.39 is 0 Å². The summed E-state index contributed by atoms with van der Waals surface area (Å²) in [5.41, 5.74) is 1.08. The number of thioether (sulfide) groups is 1. The molecule has 1 saturated heterocycles. The summed E-state index contributed by atoms with van der Waals surface area (Å²) < 4.78 is 0. The van der Waals surface area contributed by atoms with Crippen molar-refractivity contribution < 1.29 is 4.79 Å². The van der Waals surface area contributed by atoms with Gasteiger partial charge in [0.1, 0.15) is 6.04 Å². The van der Waals surface area contributed by atoms with Crippen molar-refractivity contribution in [3.63, 3.8) is 0 Å². The van der Waals surface area contributed by atoms with Gasteiger partial charge in [-0.3, -0.25) is 10.1 Å². The van der Waals surface area contributed by atoms with Crippen LogP contribution in [0.2, 0.25) is 0 Å². The monoisotopic (exact) mass is 290 g/mol. The molecule has 4 unspecified atom stereocenters. The molecule has 2 aliphatic rings. The molecular formula is C16H22N2OS. The highest BCUT2D eigenvalue weighted by Crippen LogP contribution is 2.35. The van der Waals surface area contributed by atoms with Crippen LogP contribution in [-0.4, -0.2) is 34.5 Å². The molecule has 1 heterocycles. The molecule has 1 N–H and O–H groups in total. The Balaban J connectivity index is 1.76. The van der Waals surface area contributed by atoms with Gasteiger partial charge < -0.3 is 4.90 Å². The molecule has 0 radical (unpaired) electrons. The summed E-state index contributed by atoms with van der Waals surface area (Å²) >= 11 is 1.94. The smallest absolute Gasteiger partial charge is 0.245 e. The lowest BCUT2D eigenvalue weighted by atomic mass is 10.1. The van der Waals surface area contributed by atoms with Crippen molar-refractivity contribution in [2.45, 2.75) is 49.7 Å². The molecule has 4 heteroatoms. The van der Waals surface area contributed by atoms with Crippen LogP contribution in [0.5, 0.6) is 0 Å². The van der Waals surface area contributed by atoms with Gasteiger partial charge in [0.2, 0.25) is 5.91 Å². The third kappa shape index (κ3) is 2.47. The molecule has 4 atom stereocenters. The molecule has 108 valence electrons. The number of nitrogens with zero attached hydrogens (tertiary/aromatic N) is 1. The number of amides is 1. The molecule has 1 amide bonds. The van der Waals surface area contributed by atoms with Crippen LogP contribution in [0.1, 0.15) is 37.8 Å². The Morgan fingerprint density at radius 1 is 1.25 bits per heavy atom. The zero-order chi connectivity index (χ0) is 14.1.